The number of aromatic amines is 2. The van der Waals surface area contributed by atoms with Gasteiger partial charge in [0.2, 0.25) is 53.2 Å². The molecule has 2 aromatic carbocycles. The van der Waals surface area contributed by atoms with E-state index in [4.69, 9.17) is 17.2 Å². The molecule has 3 heterocycles. The molecule has 9 amide bonds. The Morgan fingerprint density at radius 3 is 2.14 bits per heavy atom. The summed E-state index contributed by atoms with van der Waals surface area (Å²) in [5.41, 5.74) is 19.6. The second-order valence-electron chi connectivity index (χ2n) is 19.0. The van der Waals surface area contributed by atoms with Gasteiger partial charge in [0, 0.05) is 82.4 Å². The maximum Gasteiger partial charge on any atom is 0.245 e. The third-order valence-electron chi connectivity index (χ3n) is 13.2. The first kappa shape index (κ1) is 58.6. The zero-order valence-corrected chi connectivity index (χ0v) is 43.6. The fraction of sp³-hybridized carbons (Fsp3) is 0.481. The number of hydrogen-bond donors (Lipinski definition) is 11. The van der Waals surface area contributed by atoms with Crippen LogP contribution in [0.5, 0.6) is 0 Å². The molecule has 5 rings (SSSR count). The zero-order valence-electron chi connectivity index (χ0n) is 43.6. The smallest absolute Gasteiger partial charge is 0.245 e. The van der Waals surface area contributed by atoms with Crippen molar-refractivity contribution in [2.45, 2.75) is 133 Å². The Kier molecular flexibility index (Phi) is 22.3. The van der Waals surface area contributed by atoms with Gasteiger partial charge in [0.1, 0.15) is 42.3 Å². The van der Waals surface area contributed by atoms with Crippen LogP contribution in [0.3, 0.4) is 0 Å². The van der Waals surface area contributed by atoms with E-state index in [0.29, 0.717) is 29.7 Å². The third-order valence-corrected chi connectivity index (χ3v) is 13.2. The Labute approximate surface area is 441 Å². The molecule has 76 heavy (non-hydrogen) atoms. The lowest BCUT2D eigenvalue weighted by atomic mass is 9.99. The van der Waals surface area contributed by atoms with E-state index in [9.17, 15) is 28.8 Å². The van der Waals surface area contributed by atoms with E-state index in [1.54, 1.807) is 36.5 Å². The second kappa shape index (κ2) is 29.0. The van der Waals surface area contributed by atoms with E-state index in [2.05, 4.69) is 51.8 Å². The molecule has 14 N–H and O–H groups in total. The summed E-state index contributed by atoms with van der Waals surface area (Å²) in [4.78, 5) is 143. The minimum atomic E-state index is -1.58. The van der Waals surface area contributed by atoms with Crippen molar-refractivity contribution in [3.8, 4) is 0 Å². The SMILES string of the molecule is CCCC[C@H](NC(C)=O)C(=O)N[C@H]1CC(=O)NCCCC[C@@H](C(N)=O)NC(=O)[C@H](Cc2c[nH]c3ccccc23)N(C)C(=O)[C@H](CCCN=C(N)N)NC(=O)[C@@H](Cc2ccccc2)N(C)C(=O)[C@H](Cc2cnc[nH]2)NC1=O. The lowest BCUT2D eigenvalue weighted by Crippen LogP contribution is -2.61. The molecular weight excluding hydrogens is 979 g/mol. The van der Waals surface area contributed by atoms with Crippen LogP contribution < -0.4 is 49.1 Å². The molecule has 410 valence electrons. The molecule has 0 spiro atoms. The van der Waals surface area contributed by atoms with Crippen molar-refractivity contribution in [3.05, 3.63) is 90.1 Å². The highest BCUT2D eigenvalue weighted by molar-refractivity contribution is 5.99. The molecule has 0 radical (unpaired) electrons. The van der Waals surface area contributed by atoms with Crippen LogP contribution in [0.15, 0.2) is 78.3 Å². The molecule has 0 saturated carbocycles. The van der Waals surface area contributed by atoms with Gasteiger partial charge >= 0.3 is 0 Å². The van der Waals surface area contributed by atoms with Gasteiger partial charge in [-0.3, -0.25) is 48.1 Å². The molecule has 0 unspecified atom stereocenters. The van der Waals surface area contributed by atoms with Gasteiger partial charge in [-0.05, 0) is 55.7 Å². The third kappa shape index (κ3) is 17.4. The number of likely N-dealkylation sites (N-methyl/N-ethyl adjacent to an activating group) is 2. The number of guanidine groups is 1. The zero-order chi connectivity index (χ0) is 55.3. The first-order valence-corrected chi connectivity index (χ1v) is 25.6. The summed E-state index contributed by atoms with van der Waals surface area (Å²) in [5.74, 6) is -6.79. The van der Waals surface area contributed by atoms with Gasteiger partial charge in [-0.2, -0.15) is 0 Å². The number of benzene rings is 2. The van der Waals surface area contributed by atoms with Crippen LogP contribution in [0.4, 0.5) is 0 Å². The molecule has 2 aromatic heterocycles. The number of aliphatic imine (C=N–C) groups is 1. The molecule has 0 bridgehead atoms. The van der Waals surface area contributed by atoms with Crippen LogP contribution in [0.2, 0.25) is 0 Å². The monoisotopic (exact) mass is 1050 g/mol. The highest BCUT2D eigenvalue weighted by atomic mass is 16.2. The normalized spacial score (nSPS) is 21.4. The van der Waals surface area contributed by atoms with Crippen molar-refractivity contribution in [2.75, 3.05) is 27.2 Å². The van der Waals surface area contributed by atoms with Crippen LogP contribution in [0.25, 0.3) is 10.9 Å². The highest BCUT2D eigenvalue weighted by Gasteiger charge is 2.39. The van der Waals surface area contributed by atoms with Gasteiger partial charge < -0.3 is 68.9 Å². The minimum Gasteiger partial charge on any atom is -0.370 e. The summed E-state index contributed by atoms with van der Waals surface area (Å²) in [5, 5.41) is 17.1. The number of imidazole rings is 1. The van der Waals surface area contributed by atoms with Crippen LogP contribution in [-0.2, 0) is 62.4 Å². The number of H-pyrrole nitrogens is 2. The fourth-order valence-corrected chi connectivity index (χ4v) is 8.99. The van der Waals surface area contributed by atoms with Crippen molar-refractivity contribution in [2.24, 2.45) is 22.2 Å². The molecule has 24 nitrogen and oxygen atoms in total. The van der Waals surface area contributed by atoms with Gasteiger partial charge in [0.15, 0.2) is 5.96 Å². The van der Waals surface area contributed by atoms with Crippen molar-refractivity contribution in [1.82, 2.24) is 56.7 Å². The number of amides is 9. The van der Waals surface area contributed by atoms with Crippen LogP contribution in [0, 0.1) is 0 Å². The molecule has 24 heteroatoms. The molecule has 1 aliphatic rings. The van der Waals surface area contributed by atoms with Crippen molar-refractivity contribution in [1.29, 1.82) is 0 Å². The summed E-state index contributed by atoms with van der Waals surface area (Å²) < 4.78 is 0. The van der Waals surface area contributed by atoms with Crippen molar-refractivity contribution < 1.29 is 43.2 Å². The Balaban J connectivity index is 1.60. The molecule has 1 fully saturated rings. The Morgan fingerprint density at radius 2 is 1.47 bits per heavy atom. The van der Waals surface area contributed by atoms with E-state index in [1.807, 2.05) is 31.2 Å². The summed E-state index contributed by atoms with van der Waals surface area (Å²) in [6, 6.07) is 6.96. The highest BCUT2D eigenvalue weighted by Crippen LogP contribution is 2.22. The predicted molar refractivity (Wildman–Crippen MR) is 283 cm³/mol. The number of carbonyl (C=O) groups is 9. The number of unbranched alkanes of at least 4 members (excludes halogenated alkanes) is 1. The molecule has 4 aromatic rings. The number of carbonyl (C=O) groups excluding carboxylic acids is 9. The van der Waals surface area contributed by atoms with Gasteiger partial charge in [-0.25, -0.2) is 4.98 Å². The number of nitrogens with two attached hydrogens (primary N) is 3. The average Bonchev–Trinajstić information content (AvgIpc) is 4.07. The first-order valence-electron chi connectivity index (χ1n) is 25.6. The van der Waals surface area contributed by atoms with E-state index >= 15 is 14.4 Å². The average molecular weight is 1050 g/mol. The Morgan fingerprint density at radius 1 is 0.803 bits per heavy atom. The van der Waals surface area contributed by atoms with E-state index in [-0.39, 0.29) is 76.8 Å². The Hall–Kier alpha value is -8.31. The largest absolute Gasteiger partial charge is 0.370 e. The van der Waals surface area contributed by atoms with Crippen molar-refractivity contribution >= 4 is 70.0 Å². The summed E-state index contributed by atoms with van der Waals surface area (Å²) in [6.45, 7) is 3.27. The maximum absolute atomic E-state index is 15.0. The molecule has 7 atom stereocenters. The number of para-hydroxylation sites is 1. The van der Waals surface area contributed by atoms with Crippen LogP contribution in [0.1, 0.15) is 88.5 Å². The molecule has 0 aliphatic carbocycles. The topological polar surface area (TPSA) is 367 Å². The minimum absolute atomic E-state index is 0.0321. The van der Waals surface area contributed by atoms with Crippen LogP contribution in [-0.4, -0.2) is 153 Å². The van der Waals surface area contributed by atoms with Gasteiger partial charge in [0.05, 0.1) is 12.7 Å². The van der Waals surface area contributed by atoms with Crippen LogP contribution >= 0.6 is 0 Å². The number of primary amides is 1. The standard InChI is InChI=1S/C52H73N15O9/c1-5-6-18-38(61-31(2)68)46(71)64-40-27-44(69)57-22-13-12-20-37(45(53)70)62-49(74)43(25-33-28-59-36-19-11-10-17-35(33)36)67(4)50(75)39(21-14-23-58-52(54)55)63-48(73)42(24-32-15-8-7-9-16-32)66(3)51(76)41(65-47(40)72)26-34-29-56-30-60-34/h7-11,15-17,19,28-30,37-43,59H,5-6,12-14,18,20-27H2,1-4H3,(H2,53,70)(H,56,60)(H,57,69)(H,61,68)(H,62,74)(H,63,73)(H,64,71)(H,65,72)(H4,54,55,58)/t37-,38-,39-,40-,41-,42+,43-/m0/s1. The number of hydrogen-bond acceptors (Lipinski definition) is 11. The Bertz CT molecular complexity index is 2660. The second-order valence-corrected chi connectivity index (χ2v) is 19.0. The molecule has 1 aliphatic heterocycles. The fourth-order valence-electron chi connectivity index (χ4n) is 8.99. The lowest BCUT2D eigenvalue weighted by Gasteiger charge is -2.34. The number of aromatic nitrogens is 3. The van der Waals surface area contributed by atoms with E-state index in [0.717, 1.165) is 15.8 Å². The van der Waals surface area contributed by atoms with E-state index < -0.39 is 102 Å². The van der Waals surface area contributed by atoms with Gasteiger partial charge in [0.25, 0.3) is 0 Å². The van der Waals surface area contributed by atoms with Crippen molar-refractivity contribution in [3.63, 3.8) is 0 Å². The molecular formula is C52H73N15O9. The maximum atomic E-state index is 15.0. The number of nitrogens with zero attached hydrogens (tertiary/aromatic N) is 4. The summed E-state index contributed by atoms with van der Waals surface area (Å²) in [7, 11) is 2.79. The number of rotatable bonds is 17. The quantitative estimate of drug-likeness (QED) is 0.0360. The molecule has 1 saturated heterocycles. The lowest BCUT2D eigenvalue weighted by molar-refractivity contribution is -0.145. The van der Waals surface area contributed by atoms with Gasteiger partial charge in [-0.15, -0.1) is 0 Å². The first-order chi connectivity index (χ1) is 36.4. The summed E-state index contributed by atoms with van der Waals surface area (Å²) in [6.07, 6.45) is 5.88. The number of nitrogens with one attached hydrogen (secondary N) is 8. The van der Waals surface area contributed by atoms with E-state index in [1.165, 1.54) is 38.4 Å². The predicted octanol–water partition coefficient (Wildman–Crippen LogP) is -0.564. The summed E-state index contributed by atoms with van der Waals surface area (Å²) >= 11 is 0. The number of fused-ring (bicyclic) bond motifs is 1. The van der Waals surface area contributed by atoms with Gasteiger partial charge in [-0.1, -0.05) is 68.3 Å².